The second-order valence-corrected chi connectivity index (χ2v) is 12.3. The molecule has 2 aromatic heterocycles. The Labute approximate surface area is 204 Å². The molecule has 0 saturated carbocycles. The van der Waals surface area contributed by atoms with Gasteiger partial charge in [-0.3, -0.25) is 0 Å². The van der Waals surface area contributed by atoms with Crippen LogP contribution in [0.2, 0.25) is 5.02 Å². The number of aliphatic hydroxyl groups is 1. The molecule has 32 heavy (non-hydrogen) atoms. The first-order chi connectivity index (χ1) is 14.9. The molecular weight excluding hydrogens is 532 g/mol. The number of thiophene rings is 1. The molecule has 0 atom stereocenters. The molecule has 0 amide bonds. The smallest absolute Gasteiger partial charge is 0.175 e. The lowest BCUT2D eigenvalue weighted by molar-refractivity contribution is 0.0734. The summed E-state index contributed by atoms with van der Waals surface area (Å²) in [5.74, 6) is 0. The van der Waals surface area contributed by atoms with Crippen LogP contribution in [-0.2, 0) is 15.4 Å². The van der Waals surface area contributed by atoms with Gasteiger partial charge < -0.3 is 5.11 Å². The summed E-state index contributed by atoms with van der Waals surface area (Å²) in [6.45, 7) is 3.36. The molecule has 2 aromatic carbocycles. The maximum atomic E-state index is 12.0. The molecule has 166 valence electrons. The molecule has 4 rings (SSSR count). The number of halogens is 2. The zero-order valence-corrected chi connectivity index (χ0v) is 21.5. The van der Waals surface area contributed by atoms with E-state index in [0.29, 0.717) is 16.4 Å². The Kier molecular flexibility index (Phi) is 6.11. The standard InChI is InChI=1S/C23H20BrClN2O3S2/c1-23(2,28)21-13-19(27(26-21)18-10-5-4-9-17(18)25)22-16(24)12-20(31-22)14-7-6-8-15(11-14)32(3,29)30/h4-13,28H,1-3H3. The van der Waals surface area contributed by atoms with Gasteiger partial charge in [0.25, 0.3) is 0 Å². The second-order valence-electron chi connectivity index (χ2n) is 7.92. The van der Waals surface area contributed by atoms with E-state index in [2.05, 4.69) is 21.0 Å². The van der Waals surface area contributed by atoms with E-state index in [0.717, 1.165) is 25.5 Å². The van der Waals surface area contributed by atoms with E-state index >= 15 is 0 Å². The van der Waals surface area contributed by atoms with Crippen LogP contribution >= 0.6 is 38.9 Å². The van der Waals surface area contributed by atoms with E-state index in [1.165, 1.54) is 17.6 Å². The molecular formula is C23H20BrClN2O3S2. The van der Waals surface area contributed by atoms with Gasteiger partial charge >= 0.3 is 0 Å². The molecule has 2 heterocycles. The van der Waals surface area contributed by atoms with E-state index in [4.69, 9.17) is 11.6 Å². The molecule has 0 aliphatic heterocycles. The minimum absolute atomic E-state index is 0.270. The van der Waals surface area contributed by atoms with Crippen molar-refractivity contribution in [1.82, 2.24) is 9.78 Å². The molecule has 9 heteroatoms. The number of para-hydroxylation sites is 1. The molecule has 0 aliphatic rings. The molecule has 0 spiro atoms. The first-order valence-corrected chi connectivity index (χ1v) is 13.5. The van der Waals surface area contributed by atoms with Gasteiger partial charge in [0, 0.05) is 15.6 Å². The zero-order chi connectivity index (χ0) is 23.3. The number of benzene rings is 2. The van der Waals surface area contributed by atoms with Crippen molar-refractivity contribution in [2.24, 2.45) is 0 Å². The molecule has 5 nitrogen and oxygen atoms in total. The van der Waals surface area contributed by atoms with Crippen molar-refractivity contribution in [2.75, 3.05) is 6.26 Å². The van der Waals surface area contributed by atoms with Crippen LogP contribution in [0.3, 0.4) is 0 Å². The van der Waals surface area contributed by atoms with Crippen molar-refractivity contribution >= 4 is 48.7 Å². The quantitative estimate of drug-likeness (QED) is 0.315. The minimum Gasteiger partial charge on any atom is -0.384 e. The predicted molar refractivity (Wildman–Crippen MR) is 133 cm³/mol. The normalized spacial score (nSPS) is 12.3. The summed E-state index contributed by atoms with van der Waals surface area (Å²) in [5.41, 5.74) is 1.63. The SMILES string of the molecule is CC(C)(O)c1cc(-c2sc(-c3cccc(S(C)(=O)=O)c3)cc2Br)n(-c2ccccc2Cl)n1. The van der Waals surface area contributed by atoms with Crippen LogP contribution in [0.5, 0.6) is 0 Å². The molecule has 4 aromatic rings. The van der Waals surface area contributed by atoms with Gasteiger partial charge in [-0.2, -0.15) is 5.10 Å². The lowest BCUT2D eigenvalue weighted by Gasteiger charge is -2.13. The highest BCUT2D eigenvalue weighted by Gasteiger charge is 2.25. The van der Waals surface area contributed by atoms with Crippen LogP contribution in [0.25, 0.3) is 26.7 Å². The number of hydrogen-bond donors (Lipinski definition) is 1. The lowest BCUT2D eigenvalue weighted by atomic mass is 10.1. The predicted octanol–water partition coefficient (Wildman–Crippen LogP) is 6.31. The molecule has 0 bridgehead atoms. The van der Waals surface area contributed by atoms with Gasteiger partial charge in [0.05, 0.1) is 31.9 Å². The van der Waals surface area contributed by atoms with Crippen LogP contribution in [-0.4, -0.2) is 29.6 Å². The Balaban J connectivity index is 1.90. The number of aromatic nitrogens is 2. The fourth-order valence-electron chi connectivity index (χ4n) is 3.21. The average molecular weight is 552 g/mol. The topological polar surface area (TPSA) is 72.2 Å². The average Bonchev–Trinajstić information content (AvgIpc) is 3.31. The van der Waals surface area contributed by atoms with Gasteiger partial charge in [0.15, 0.2) is 9.84 Å². The van der Waals surface area contributed by atoms with E-state index in [1.807, 2.05) is 36.4 Å². The van der Waals surface area contributed by atoms with Crippen molar-refractivity contribution < 1.29 is 13.5 Å². The highest BCUT2D eigenvalue weighted by Crippen LogP contribution is 2.43. The Morgan fingerprint density at radius 1 is 1.09 bits per heavy atom. The van der Waals surface area contributed by atoms with Crippen molar-refractivity contribution in [1.29, 1.82) is 0 Å². The minimum atomic E-state index is -3.31. The summed E-state index contributed by atoms with van der Waals surface area (Å²) in [6, 6.07) is 18.1. The molecule has 1 N–H and O–H groups in total. The summed E-state index contributed by atoms with van der Waals surface area (Å²) in [4.78, 5) is 2.05. The van der Waals surface area contributed by atoms with Crippen LogP contribution in [0, 0.1) is 0 Å². The molecule has 0 unspecified atom stereocenters. The van der Waals surface area contributed by atoms with Gasteiger partial charge in [-0.05, 0) is 71.7 Å². The number of nitrogens with zero attached hydrogens (tertiary/aromatic N) is 2. The van der Waals surface area contributed by atoms with Gasteiger partial charge in [0.2, 0.25) is 0 Å². The van der Waals surface area contributed by atoms with Crippen molar-refractivity contribution in [2.45, 2.75) is 24.3 Å². The number of rotatable bonds is 5. The van der Waals surface area contributed by atoms with E-state index < -0.39 is 15.4 Å². The largest absolute Gasteiger partial charge is 0.384 e. The third kappa shape index (κ3) is 4.56. The maximum absolute atomic E-state index is 12.0. The zero-order valence-electron chi connectivity index (χ0n) is 17.5. The van der Waals surface area contributed by atoms with Crippen LogP contribution in [0.1, 0.15) is 19.5 Å². The monoisotopic (exact) mass is 550 g/mol. The highest BCUT2D eigenvalue weighted by molar-refractivity contribution is 9.10. The van der Waals surface area contributed by atoms with Gasteiger partial charge in [-0.15, -0.1) is 11.3 Å². The summed E-state index contributed by atoms with van der Waals surface area (Å²) >= 11 is 11.6. The molecule has 0 radical (unpaired) electrons. The summed E-state index contributed by atoms with van der Waals surface area (Å²) in [7, 11) is -3.31. The summed E-state index contributed by atoms with van der Waals surface area (Å²) < 4.78 is 26.5. The second kappa shape index (κ2) is 8.43. The summed E-state index contributed by atoms with van der Waals surface area (Å²) in [6.07, 6.45) is 1.20. The lowest BCUT2D eigenvalue weighted by Crippen LogP contribution is -2.16. The fraction of sp³-hybridized carbons (Fsp3) is 0.174. The van der Waals surface area contributed by atoms with Crippen molar-refractivity contribution in [3.8, 4) is 26.7 Å². The van der Waals surface area contributed by atoms with Gasteiger partial charge in [0.1, 0.15) is 5.60 Å². The molecule has 0 fully saturated rings. The number of hydrogen-bond acceptors (Lipinski definition) is 5. The van der Waals surface area contributed by atoms with E-state index in [-0.39, 0.29) is 4.90 Å². The van der Waals surface area contributed by atoms with Crippen molar-refractivity contribution in [3.63, 3.8) is 0 Å². The third-order valence-electron chi connectivity index (χ3n) is 4.88. The van der Waals surface area contributed by atoms with Gasteiger partial charge in [-0.25, -0.2) is 13.1 Å². The van der Waals surface area contributed by atoms with Gasteiger partial charge in [-0.1, -0.05) is 35.9 Å². The van der Waals surface area contributed by atoms with E-state index in [1.54, 1.807) is 42.8 Å². The number of sulfone groups is 1. The fourth-order valence-corrected chi connectivity index (χ4v) is 5.97. The first-order valence-electron chi connectivity index (χ1n) is 9.63. The van der Waals surface area contributed by atoms with Crippen molar-refractivity contribution in [3.05, 3.63) is 75.9 Å². The van der Waals surface area contributed by atoms with Crippen LogP contribution in [0.4, 0.5) is 0 Å². The third-order valence-corrected chi connectivity index (χ3v) is 8.41. The summed E-state index contributed by atoms with van der Waals surface area (Å²) in [5, 5.41) is 15.8. The van der Waals surface area contributed by atoms with Crippen LogP contribution in [0.15, 0.2) is 70.0 Å². The Morgan fingerprint density at radius 3 is 2.47 bits per heavy atom. The Morgan fingerprint density at radius 2 is 1.81 bits per heavy atom. The Hall–Kier alpha value is -1.97. The maximum Gasteiger partial charge on any atom is 0.175 e. The van der Waals surface area contributed by atoms with Crippen LogP contribution < -0.4 is 0 Å². The highest BCUT2D eigenvalue weighted by atomic mass is 79.9. The van der Waals surface area contributed by atoms with E-state index in [9.17, 15) is 13.5 Å². The molecule has 0 aliphatic carbocycles. The molecule has 0 saturated heterocycles. The first kappa shape index (κ1) is 23.2. The Bertz CT molecular complexity index is 1420.